The Hall–Kier alpha value is -3.57. The minimum Gasteiger partial charge on any atom is -0.450 e. The lowest BCUT2D eigenvalue weighted by Gasteiger charge is -2.31. The molecule has 2 aliphatic heterocycles. The summed E-state index contributed by atoms with van der Waals surface area (Å²) in [6, 6.07) is -0.00574. The molecule has 3 aromatic rings. The van der Waals surface area contributed by atoms with E-state index in [-0.39, 0.29) is 17.8 Å². The van der Waals surface area contributed by atoms with Crippen LogP contribution >= 0.6 is 0 Å². The van der Waals surface area contributed by atoms with Crippen LogP contribution < -0.4 is 5.32 Å². The SMILES string of the molecule is CCOC(=O)N1CCC(Nc2ncnc3c2ncn3[C@@H]2O[C@H](c3nnc(C(F)(F)F)o3)[C@@H](O)[C@@H]2O)CC1. The lowest BCUT2D eigenvalue weighted by molar-refractivity contribution is -0.158. The van der Waals surface area contributed by atoms with Crippen molar-refractivity contribution in [1.82, 2.24) is 34.6 Å². The molecule has 17 heteroatoms. The van der Waals surface area contributed by atoms with Gasteiger partial charge in [-0.05, 0) is 19.8 Å². The van der Waals surface area contributed by atoms with Crippen molar-refractivity contribution in [1.29, 1.82) is 0 Å². The smallest absolute Gasteiger partial charge is 0.450 e. The number of amides is 1. The molecule has 0 spiro atoms. The molecular weight excluding hydrogens is 505 g/mol. The Labute approximate surface area is 206 Å². The zero-order valence-electron chi connectivity index (χ0n) is 19.4. The Morgan fingerprint density at radius 1 is 1.19 bits per heavy atom. The number of aliphatic hydroxyl groups is 2. The van der Waals surface area contributed by atoms with Gasteiger partial charge in [-0.3, -0.25) is 4.57 Å². The van der Waals surface area contributed by atoms with Gasteiger partial charge in [-0.25, -0.2) is 19.7 Å². The number of nitrogens with zero attached hydrogens (tertiary/aromatic N) is 7. The molecule has 3 aromatic heterocycles. The molecule has 4 atom stereocenters. The summed E-state index contributed by atoms with van der Waals surface area (Å²) < 4.78 is 55.1. The molecule has 5 heterocycles. The van der Waals surface area contributed by atoms with Crippen LogP contribution in [-0.4, -0.2) is 88.9 Å². The minimum absolute atomic E-state index is 0.00574. The predicted molar refractivity (Wildman–Crippen MR) is 115 cm³/mol. The summed E-state index contributed by atoms with van der Waals surface area (Å²) >= 11 is 0. The fraction of sp³-hybridized carbons (Fsp3) is 0.600. The number of aromatic nitrogens is 6. The number of imidazole rings is 1. The largest absolute Gasteiger partial charge is 0.470 e. The predicted octanol–water partition coefficient (Wildman–Crippen LogP) is 1.25. The van der Waals surface area contributed by atoms with E-state index in [1.165, 1.54) is 17.2 Å². The van der Waals surface area contributed by atoms with Crippen LogP contribution in [0.5, 0.6) is 0 Å². The highest BCUT2D eigenvalue weighted by molar-refractivity contribution is 5.82. The molecule has 37 heavy (non-hydrogen) atoms. The van der Waals surface area contributed by atoms with Crippen molar-refractivity contribution in [2.24, 2.45) is 0 Å². The maximum absolute atomic E-state index is 12.8. The topological polar surface area (TPSA) is 174 Å². The molecule has 0 aromatic carbocycles. The zero-order valence-corrected chi connectivity index (χ0v) is 19.4. The van der Waals surface area contributed by atoms with Crippen molar-refractivity contribution in [3.63, 3.8) is 0 Å². The van der Waals surface area contributed by atoms with E-state index in [1.807, 2.05) is 0 Å². The summed E-state index contributed by atoms with van der Waals surface area (Å²) in [5, 5.41) is 30.5. The van der Waals surface area contributed by atoms with Crippen LogP contribution in [-0.2, 0) is 15.7 Å². The first-order valence-corrected chi connectivity index (χ1v) is 11.4. The average molecular weight is 528 g/mol. The summed E-state index contributed by atoms with van der Waals surface area (Å²) in [5.41, 5.74) is 0.598. The molecule has 2 fully saturated rings. The molecule has 0 aliphatic carbocycles. The molecule has 2 saturated heterocycles. The summed E-state index contributed by atoms with van der Waals surface area (Å²) in [5.74, 6) is -1.81. The van der Waals surface area contributed by atoms with E-state index in [4.69, 9.17) is 9.47 Å². The van der Waals surface area contributed by atoms with E-state index in [9.17, 15) is 28.2 Å². The highest BCUT2D eigenvalue weighted by Crippen LogP contribution is 2.40. The number of halogens is 3. The fourth-order valence-corrected chi connectivity index (χ4v) is 4.32. The maximum Gasteiger partial charge on any atom is 0.470 e. The lowest BCUT2D eigenvalue weighted by atomic mass is 10.1. The number of carbonyl (C=O) groups is 1. The molecule has 1 amide bonds. The second kappa shape index (κ2) is 9.71. The molecule has 5 rings (SSSR count). The van der Waals surface area contributed by atoms with Crippen LogP contribution in [0.3, 0.4) is 0 Å². The van der Waals surface area contributed by atoms with Gasteiger partial charge >= 0.3 is 18.2 Å². The molecule has 0 radical (unpaired) electrons. The lowest BCUT2D eigenvalue weighted by Crippen LogP contribution is -2.42. The van der Waals surface area contributed by atoms with Gasteiger partial charge in [-0.2, -0.15) is 13.2 Å². The second-order valence-electron chi connectivity index (χ2n) is 8.52. The molecule has 14 nitrogen and oxygen atoms in total. The van der Waals surface area contributed by atoms with Crippen molar-refractivity contribution in [2.45, 2.75) is 56.5 Å². The highest BCUT2D eigenvalue weighted by Gasteiger charge is 2.49. The number of rotatable bonds is 5. The third-order valence-electron chi connectivity index (χ3n) is 6.16. The number of aliphatic hydroxyl groups excluding tert-OH is 2. The number of hydrogen-bond donors (Lipinski definition) is 3. The van der Waals surface area contributed by atoms with Gasteiger partial charge in [-0.15, -0.1) is 10.2 Å². The monoisotopic (exact) mass is 528 g/mol. The number of anilines is 1. The van der Waals surface area contributed by atoms with Gasteiger partial charge in [0, 0.05) is 19.1 Å². The first-order valence-electron chi connectivity index (χ1n) is 11.4. The number of piperidine rings is 1. The molecule has 0 saturated carbocycles. The fourth-order valence-electron chi connectivity index (χ4n) is 4.32. The number of carbonyl (C=O) groups excluding carboxylic acids is 1. The molecular formula is C20H23F3N8O6. The van der Waals surface area contributed by atoms with Crippen LogP contribution in [0.1, 0.15) is 43.9 Å². The van der Waals surface area contributed by atoms with Crippen molar-refractivity contribution in [2.75, 3.05) is 25.0 Å². The summed E-state index contributed by atoms with van der Waals surface area (Å²) in [7, 11) is 0. The Kier molecular flexibility index (Phi) is 6.59. The Balaban J connectivity index is 1.32. The Morgan fingerprint density at radius 3 is 2.62 bits per heavy atom. The van der Waals surface area contributed by atoms with E-state index in [0.717, 1.165) is 0 Å². The number of hydrogen-bond acceptors (Lipinski definition) is 12. The summed E-state index contributed by atoms with van der Waals surface area (Å²) in [6.07, 6.45) is -7.34. The standard InChI is InChI=1S/C20H23F3N8O6/c1-2-35-19(34)30-5-3-9(4-6-30)27-14-10-15(25-7-24-14)31(8-26-10)17-12(33)11(32)13(36-17)16-28-29-18(37-16)20(21,22)23/h7-9,11-13,17,32-33H,2-6H2,1H3,(H,24,25,27)/t11-,12-,13-,17+/m0/s1. The molecule has 0 bridgehead atoms. The second-order valence-corrected chi connectivity index (χ2v) is 8.52. The van der Waals surface area contributed by atoms with Crippen molar-refractivity contribution < 1.29 is 42.1 Å². The van der Waals surface area contributed by atoms with Crippen LogP contribution in [0.25, 0.3) is 11.2 Å². The number of fused-ring (bicyclic) bond motifs is 1. The van der Waals surface area contributed by atoms with Crippen molar-refractivity contribution >= 4 is 23.1 Å². The van der Waals surface area contributed by atoms with E-state index < -0.39 is 42.5 Å². The van der Waals surface area contributed by atoms with Gasteiger partial charge in [-0.1, -0.05) is 0 Å². The van der Waals surface area contributed by atoms with E-state index in [2.05, 4.69) is 34.9 Å². The van der Waals surface area contributed by atoms with E-state index >= 15 is 0 Å². The van der Waals surface area contributed by atoms with Crippen LogP contribution in [0.2, 0.25) is 0 Å². The Bertz CT molecular complexity index is 1260. The molecule has 2 aliphatic rings. The number of likely N-dealkylation sites (tertiary alicyclic amines) is 1. The van der Waals surface area contributed by atoms with Gasteiger partial charge in [0.15, 0.2) is 29.3 Å². The van der Waals surface area contributed by atoms with Gasteiger partial charge in [0.25, 0.3) is 0 Å². The minimum atomic E-state index is -4.87. The molecule has 3 N–H and O–H groups in total. The summed E-state index contributed by atoms with van der Waals surface area (Å²) in [4.78, 5) is 26.3. The first-order chi connectivity index (χ1) is 17.7. The van der Waals surface area contributed by atoms with E-state index in [0.29, 0.717) is 43.9 Å². The number of nitrogens with one attached hydrogen (secondary N) is 1. The third kappa shape index (κ3) is 4.76. The number of ether oxygens (including phenoxy) is 2. The van der Waals surface area contributed by atoms with Crippen molar-refractivity contribution in [3.8, 4) is 0 Å². The molecule has 200 valence electrons. The maximum atomic E-state index is 12.8. The van der Waals surface area contributed by atoms with Crippen LogP contribution in [0.15, 0.2) is 17.1 Å². The third-order valence-corrected chi connectivity index (χ3v) is 6.16. The van der Waals surface area contributed by atoms with Crippen molar-refractivity contribution in [3.05, 3.63) is 24.4 Å². The van der Waals surface area contributed by atoms with Gasteiger partial charge in [0.1, 0.15) is 18.5 Å². The molecule has 0 unspecified atom stereocenters. The van der Waals surface area contributed by atoms with Gasteiger partial charge in [0.2, 0.25) is 5.89 Å². The van der Waals surface area contributed by atoms with Gasteiger partial charge < -0.3 is 34.3 Å². The van der Waals surface area contributed by atoms with Crippen LogP contribution in [0.4, 0.5) is 23.8 Å². The number of alkyl halides is 3. The van der Waals surface area contributed by atoms with Gasteiger partial charge in [0.05, 0.1) is 12.9 Å². The first kappa shape index (κ1) is 25.1. The summed E-state index contributed by atoms with van der Waals surface area (Å²) in [6.45, 7) is 3.06. The normalized spacial score (nSPS) is 25.1. The quantitative estimate of drug-likeness (QED) is 0.433. The Morgan fingerprint density at radius 2 is 1.95 bits per heavy atom. The average Bonchev–Trinajstić information content (AvgIpc) is 3.59. The highest BCUT2D eigenvalue weighted by atomic mass is 19.4. The zero-order chi connectivity index (χ0) is 26.3. The van der Waals surface area contributed by atoms with E-state index in [1.54, 1.807) is 11.8 Å². The van der Waals surface area contributed by atoms with Crippen LogP contribution in [0, 0.1) is 0 Å².